The molecule has 1 fully saturated rings. The number of nitrogens with zero attached hydrogens (tertiary/aromatic N) is 4. The molecule has 0 unspecified atom stereocenters. The van der Waals surface area contributed by atoms with E-state index in [0.29, 0.717) is 18.7 Å². The van der Waals surface area contributed by atoms with Crippen LogP contribution in [-0.2, 0) is 11.3 Å². The van der Waals surface area contributed by atoms with Crippen molar-refractivity contribution in [1.29, 1.82) is 0 Å². The molecule has 1 amide bonds. The second kappa shape index (κ2) is 7.80. The van der Waals surface area contributed by atoms with Gasteiger partial charge in [0.25, 0.3) is 11.5 Å². The Bertz CT molecular complexity index is 1320. The number of carbonyl (C=O) groups excluding carboxylic acids is 1. The Morgan fingerprint density at radius 2 is 1.94 bits per heavy atom. The maximum absolute atomic E-state index is 13.5. The molecule has 1 aliphatic rings. The molecule has 2 aromatic carbocycles. The average molecular weight is 422 g/mol. The number of H-pyrrole nitrogens is 1. The van der Waals surface area contributed by atoms with E-state index in [-0.39, 0.29) is 23.3 Å². The molecule has 31 heavy (non-hydrogen) atoms. The molecule has 2 aromatic heterocycles. The first-order valence-electron chi connectivity index (χ1n) is 9.87. The molecule has 4 aromatic rings. The van der Waals surface area contributed by atoms with Gasteiger partial charge in [-0.1, -0.05) is 17.3 Å². The summed E-state index contributed by atoms with van der Waals surface area (Å²) < 4.78 is 20.1. The zero-order valence-electron chi connectivity index (χ0n) is 16.5. The van der Waals surface area contributed by atoms with Crippen LogP contribution >= 0.6 is 0 Å². The van der Waals surface area contributed by atoms with Gasteiger partial charge in [-0.2, -0.15) is 0 Å². The lowest BCUT2D eigenvalue weighted by Gasteiger charge is -2.28. The zero-order chi connectivity index (χ0) is 21.4. The minimum Gasteiger partial charge on any atom is -0.378 e. The van der Waals surface area contributed by atoms with Crippen molar-refractivity contribution >= 4 is 28.1 Å². The molecular formula is C21H19FN6O3. The Balaban J connectivity index is 1.35. The largest absolute Gasteiger partial charge is 0.378 e. The van der Waals surface area contributed by atoms with Gasteiger partial charge in [-0.3, -0.25) is 9.59 Å². The lowest BCUT2D eigenvalue weighted by Crippen LogP contribution is -2.36. The third-order valence-corrected chi connectivity index (χ3v) is 5.30. The molecule has 0 bridgehead atoms. The van der Waals surface area contributed by atoms with Crippen LogP contribution in [0.25, 0.3) is 16.6 Å². The molecule has 1 aliphatic heterocycles. The minimum absolute atomic E-state index is 0.0132. The van der Waals surface area contributed by atoms with Gasteiger partial charge in [0.05, 0.1) is 24.2 Å². The summed E-state index contributed by atoms with van der Waals surface area (Å²) in [6, 6.07) is 11.8. The summed E-state index contributed by atoms with van der Waals surface area (Å²) in [5, 5.41) is 10.6. The van der Waals surface area contributed by atoms with Gasteiger partial charge in [0.2, 0.25) is 0 Å². The quantitative estimate of drug-likeness (QED) is 0.516. The first-order valence-corrected chi connectivity index (χ1v) is 9.87. The number of benzene rings is 2. The highest BCUT2D eigenvalue weighted by Gasteiger charge is 2.20. The number of aromatic amines is 1. The van der Waals surface area contributed by atoms with Gasteiger partial charge >= 0.3 is 0 Å². The second-order valence-corrected chi connectivity index (χ2v) is 7.26. The van der Waals surface area contributed by atoms with E-state index < -0.39 is 17.3 Å². The van der Waals surface area contributed by atoms with Crippen molar-refractivity contribution in [1.82, 2.24) is 25.1 Å². The number of ether oxygens (including phenoxy) is 1. The maximum Gasteiger partial charge on any atom is 0.277 e. The zero-order valence-corrected chi connectivity index (χ0v) is 16.5. The molecule has 0 atom stereocenters. The van der Waals surface area contributed by atoms with Gasteiger partial charge in [-0.05, 0) is 35.9 Å². The van der Waals surface area contributed by atoms with Crippen molar-refractivity contribution in [3.63, 3.8) is 0 Å². The van der Waals surface area contributed by atoms with E-state index in [1.165, 1.54) is 22.7 Å². The number of morpholine rings is 1. The highest BCUT2D eigenvalue weighted by molar-refractivity contribution is 5.99. The fourth-order valence-corrected chi connectivity index (χ4v) is 3.69. The number of rotatable bonds is 4. The molecule has 3 heterocycles. The number of hydrogen-bond acceptors (Lipinski definition) is 6. The van der Waals surface area contributed by atoms with Gasteiger partial charge in [-0.25, -0.2) is 8.91 Å². The summed E-state index contributed by atoms with van der Waals surface area (Å²) in [6.07, 6.45) is 0. The number of aromatic nitrogens is 4. The normalized spacial score (nSPS) is 14.3. The Morgan fingerprint density at radius 3 is 2.71 bits per heavy atom. The predicted molar refractivity (Wildman–Crippen MR) is 112 cm³/mol. The predicted octanol–water partition coefficient (Wildman–Crippen LogP) is 1.48. The SMILES string of the molecule is O=C(NCc1ccc(N2CCOCC2)cc1)c1nnn2c1c(=O)[nH]c1cc(F)ccc12. The Morgan fingerprint density at radius 1 is 1.16 bits per heavy atom. The van der Waals surface area contributed by atoms with Crippen LogP contribution in [0.3, 0.4) is 0 Å². The van der Waals surface area contributed by atoms with E-state index in [1.54, 1.807) is 0 Å². The molecular weight excluding hydrogens is 403 g/mol. The topological polar surface area (TPSA) is 105 Å². The fraction of sp³-hybridized carbons (Fsp3) is 0.238. The standard InChI is InChI=1S/C21H19FN6O3/c22-14-3-6-17-16(11-14)24-21(30)19-18(25-26-28(17)19)20(29)23-12-13-1-4-15(5-2-13)27-7-9-31-10-8-27/h1-6,11H,7-10,12H2,(H,23,29)(H,24,30). The van der Waals surface area contributed by atoms with E-state index in [2.05, 4.69) is 25.5 Å². The molecule has 0 aliphatic carbocycles. The van der Waals surface area contributed by atoms with E-state index >= 15 is 0 Å². The lowest BCUT2D eigenvalue weighted by molar-refractivity contribution is 0.0947. The number of fused-ring (bicyclic) bond motifs is 3. The molecule has 10 heteroatoms. The molecule has 0 saturated carbocycles. The van der Waals surface area contributed by atoms with Crippen LogP contribution in [0.15, 0.2) is 47.3 Å². The molecule has 0 spiro atoms. The first-order chi connectivity index (χ1) is 15.1. The van der Waals surface area contributed by atoms with Gasteiger partial charge in [0.15, 0.2) is 11.2 Å². The number of halogens is 1. The number of carbonyl (C=O) groups is 1. The van der Waals surface area contributed by atoms with Crippen LogP contribution in [-0.4, -0.2) is 52.0 Å². The van der Waals surface area contributed by atoms with Gasteiger partial charge in [-0.15, -0.1) is 5.10 Å². The highest BCUT2D eigenvalue weighted by atomic mass is 19.1. The smallest absolute Gasteiger partial charge is 0.277 e. The van der Waals surface area contributed by atoms with E-state index in [0.717, 1.165) is 24.3 Å². The third kappa shape index (κ3) is 3.61. The van der Waals surface area contributed by atoms with Crippen molar-refractivity contribution in [3.05, 3.63) is 69.9 Å². The number of hydrogen-bond donors (Lipinski definition) is 2. The summed E-state index contributed by atoms with van der Waals surface area (Å²) >= 11 is 0. The fourth-order valence-electron chi connectivity index (χ4n) is 3.69. The number of amides is 1. The van der Waals surface area contributed by atoms with E-state index in [4.69, 9.17) is 4.74 Å². The molecule has 158 valence electrons. The van der Waals surface area contributed by atoms with E-state index in [1.807, 2.05) is 24.3 Å². The first kappa shape index (κ1) is 19.2. The minimum atomic E-state index is -0.567. The van der Waals surface area contributed by atoms with E-state index in [9.17, 15) is 14.0 Å². The van der Waals surface area contributed by atoms with Crippen LogP contribution < -0.4 is 15.8 Å². The van der Waals surface area contributed by atoms with Crippen LogP contribution in [0, 0.1) is 5.82 Å². The molecule has 9 nitrogen and oxygen atoms in total. The van der Waals surface area contributed by atoms with Crippen molar-refractivity contribution in [2.45, 2.75) is 6.54 Å². The highest BCUT2D eigenvalue weighted by Crippen LogP contribution is 2.17. The summed E-state index contributed by atoms with van der Waals surface area (Å²) in [4.78, 5) is 30.0. The Labute approximate surface area is 175 Å². The Hall–Kier alpha value is -3.79. The van der Waals surface area contributed by atoms with Gasteiger partial charge in [0, 0.05) is 25.3 Å². The molecule has 1 saturated heterocycles. The van der Waals surface area contributed by atoms with Crippen LogP contribution in [0.2, 0.25) is 0 Å². The van der Waals surface area contributed by atoms with Crippen molar-refractivity contribution in [2.24, 2.45) is 0 Å². The van der Waals surface area contributed by atoms with Crippen molar-refractivity contribution < 1.29 is 13.9 Å². The average Bonchev–Trinajstić information content (AvgIpc) is 3.24. The van der Waals surface area contributed by atoms with Crippen LogP contribution in [0.4, 0.5) is 10.1 Å². The molecule has 5 rings (SSSR count). The van der Waals surface area contributed by atoms with Gasteiger partial charge < -0.3 is 19.9 Å². The lowest BCUT2D eigenvalue weighted by atomic mass is 10.2. The van der Waals surface area contributed by atoms with Crippen molar-refractivity contribution in [3.8, 4) is 0 Å². The summed E-state index contributed by atoms with van der Waals surface area (Å²) in [6.45, 7) is 3.41. The number of nitrogens with one attached hydrogen (secondary N) is 2. The summed E-state index contributed by atoms with van der Waals surface area (Å²) in [5.41, 5.74) is 2.10. The maximum atomic E-state index is 13.5. The van der Waals surface area contributed by atoms with Crippen LogP contribution in [0.5, 0.6) is 0 Å². The van der Waals surface area contributed by atoms with Crippen LogP contribution in [0.1, 0.15) is 16.1 Å². The Kier molecular flexibility index (Phi) is 4.83. The monoisotopic (exact) mass is 422 g/mol. The van der Waals surface area contributed by atoms with Gasteiger partial charge in [0.1, 0.15) is 5.82 Å². The second-order valence-electron chi connectivity index (χ2n) is 7.26. The number of anilines is 1. The molecule has 0 radical (unpaired) electrons. The third-order valence-electron chi connectivity index (χ3n) is 5.30. The summed E-state index contributed by atoms with van der Waals surface area (Å²) in [5.74, 6) is -1.00. The summed E-state index contributed by atoms with van der Waals surface area (Å²) in [7, 11) is 0. The molecule has 2 N–H and O–H groups in total. The van der Waals surface area contributed by atoms with Crippen molar-refractivity contribution in [2.75, 3.05) is 31.2 Å².